The fourth-order valence-electron chi connectivity index (χ4n) is 1.37. The molecule has 0 saturated carbocycles. The molecule has 0 aromatic carbocycles. The van der Waals surface area contributed by atoms with E-state index in [1.165, 1.54) is 0 Å². The van der Waals surface area contributed by atoms with E-state index in [0.717, 1.165) is 18.2 Å². The van der Waals surface area contributed by atoms with Crippen LogP contribution in [0.3, 0.4) is 0 Å². The largest absolute Gasteiger partial charge is 0.411 e. The van der Waals surface area contributed by atoms with Crippen molar-refractivity contribution in [2.24, 2.45) is 5.41 Å². The van der Waals surface area contributed by atoms with Gasteiger partial charge in [-0.25, -0.2) is 0 Å². The smallest absolute Gasteiger partial charge is 0.372 e. The summed E-state index contributed by atoms with van der Waals surface area (Å²) in [6.07, 6.45) is -1.53. The van der Waals surface area contributed by atoms with Crippen molar-refractivity contribution in [3.05, 3.63) is 0 Å². The Morgan fingerprint density at radius 1 is 1.20 bits per heavy atom. The molecule has 15 heavy (non-hydrogen) atoms. The molecule has 0 amide bonds. The van der Waals surface area contributed by atoms with Crippen molar-refractivity contribution in [3.8, 4) is 0 Å². The minimum atomic E-state index is -4.21. The van der Waals surface area contributed by atoms with Gasteiger partial charge in [0.2, 0.25) is 0 Å². The van der Waals surface area contributed by atoms with Crippen LogP contribution >= 0.6 is 15.9 Å². The van der Waals surface area contributed by atoms with Crippen molar-refractivity contribution in [1.82, 2.24) is 0 Å². The van der Waals surface area contributed by atoms with E-state index in [0.29, 0.717) is 6.42 Å². The summed E-state index contributed by atoms with van der Waals surface area (Å²) in [4.78, 5) is 0. The van der Waals surface area contributed by atoms with Crippen molar-refractivity contribution in [1.29, 1.82) is 0 Å². The van der Waals surface area contributed by atoms with Gasteiger partial charge in [-0.05, 0) is 18.3 Å². The summed E-state index contributed by atoms with van der Waals surface area (Å²) in [5.41, 5.74) is 0.0420. The molecule has 0 saturated heterocycles. The number of hydrogen-bond acceptors (Lipinski definition) is 1. The Labute approximate surface area is 97.5 Å². The Hall–Kier alpha value is 0.230. The lowest BCUT2D eigenvalue weighted by molar-refractivity contribution is -0.175. The van der Waals surface area contributed by atoms with Gasteiger partial charge in [-0.3, -0.25) is 0 Å². The van der Waals surface area contributed by atoms with Crippen LogP contribution in [-0.2, 0) is 4.74 Å². The van der Waals surface area contributed by atoms with E-state index in [9.17, 15) is 13.2 Å². The molecule has 0 aliphatic carbocycles. The normalized spacial score (nSPS) is 16.4. The third kappa shape index (κ3) is 8.08. The lowest BCUT2D eigenvalue weighted by Crippen LogP contribution is -2.23. The minimum Gasteiger partial charge on any atom is -0.372 e. The summed E-state index contributed by atoms with van der Waals surface area (Å²) >= 11 is 3.39. The van der Waals surface area contributed by atoms with Gasteiger partial charge in [0.1, 0.15) is 6.61 Å². The average Bonchev–Trinajstić information content (AvgIpc) is 2.12. The van der Waals surface area contributed by atoms with Crippen molar-refractivity contribution < 1.29 is 17.9 Å². The van der Waals surface area contributed by atoms with Gasteiger partial charge in [0.25, 0.3) is 0 Å². The molecule has 0 aromatic rings. The van der Waals surface area contributed by atoms with Crippen LogP contribution in [0.1, 0.15) is 33.1 Å². The summed E-state index contributed by atoms with van der Waals surface area (Å²) in [5, 5.41) is 0.795. The van der Waals surface area contributed by atoms with E-state index in [1.54, 1.807) is 0 Å². The van der Waals surface area contributed by atoms with Gasteiger partial charge in [-0.1, -0.05) is 36.2 Å². The summed E-state index contributed by atoms with van der Waals surface area (Å²) in [6, 6.07) is 0. The Morgan fingerprint density at radius 3 is 2.20 bits per heavy atom. The first kappa shape index (κ1) is 15.2. The molecular weight excluding hydrogens is 273 g/mol. The Balaban J connectivity index is 3.73. The molecule has 0 rings (SSSR count). The van der Waals surface area contributed by atoms with E-state index >= 15 is 0 Å². The topological polar surface area (TPSA) is 9.23 Å². The van der Waals surface area contributed by atoms with E-state index in [-0.39, 0.29) is 12.0 Å². The molecule has 0 bridgehead atoms. The average molecular weight is 291 g/mol. The van der Waals surface area contributed by atoms with Gasteiger partial charge in [0, 0.05) is 11.9 Å². The lowest BCUT2D eigenvalue weighted by Gasteiger charge is -2.26. The molecule has 0 radical (unpaired) electrons. The van der Waals surface area contributed by atoms with Crippen molar-refractivity contribution in [3.63, 3.8) is 0 Å². The zero-order valence-electron chi connectivity index (χ0n) is 9.16. The number of hydrogen-bond donors (Lipinski definition) is 0. The molecule has 0 aliphatic heterocycles. The molecule has 0 spiro atoms. The number of alkyl halides is 4. The SMILES string of the molecule is CCCC(C)(CBr)CCOCC(F)(F)F. The van der Waals surface area contributed by atoms with E-state index in [1.807, 2.05) is 0 Å². The van der Waals surface area contributed by atoms with E-state index in [4.69, 9.17) is 0 Å². The van der Waals surface area contributed by atoms with Crippen molar-refractivity contribution in [2.75, 3.05) is 18.5 Å². The Bertz CT molecular complexity index is 173. The highest BCUT2D eigenvalue weighted by Gasteiger charge is 2.28. The van der Waals surface area contributed by atoms with Gasteiger partial charge in [0.15, 0.2) is 0 Å². The number of ether oxygens (including phenoxy) is 1. The molecule has 0 heterocycles. The molecule has 92 valence electrons. The quantitative estimate of drug-likeness (QED) is 0.505. The van der Waals surface area contributed by atoms with Crippen LogP contribution in [0.4, 0.5) is 13.2 Å². The highest BCUT2D eigenvalue weighted by molar-refractivity contribution is 9.09. The zero-order chi connectivity index (χ0) is 11.9. The fourth-order valence-corrected chi connectivity index (χ4v) is 1.93. The lowest BCUT2D eigenvalue weighted by atomic mass is 9.85. The molecule has 0 fully saturated rings. The van der Waals surface area contributed by atoms with Crippen LogP contribution in [0.2, 0.25) is 0 Å². The van der Waals surface area contributed by atoms with Crippen LogP contribution in [0.25, 0.3) is 0 Å². The molecule has 1 unspecified atom stereocenters. The first-order chi connectivity index (χ1) is 6.83. The summed E-state index contributed by atoms with van der Waals surface area (Å²) in [5.74, 6) is 0. The molecule has 1 atom stereocenters. The number of rotatable bonds is 7. The van der Waals surface area contributed by atoms with Crippen LogP contribution in [0.5, 0.6) is 0 Å². The third-order valence-corrected chi connectivity index (χ3v) is 3.65. The second-order valence-corrected chi connectivity index (χ2v) is 4.67. The maximum atomic E-state index is 11.8. The first-order valence-corrected chi connectivity index (χ1v) is 6.15. The van der Waals surface area contributed by atoms with Gasteiger partial charge in [0.05, 0.1) is 0 Å². The Kier molecular flexibility index (Phi) is 6.84. The van der Waals surface area contributed by atoms with Gasteiger partial charge < -0.3 is 4.74 Å². The highest BCUT2D eigenvalue weighted by Crippen LogP contribution is 2.30. The van der Waals surface area contributed by atoms with Crippen molar-refractivity contribution in [2.45, 2.75) is 39.3 Å². The predicted octanol–water partition coefficient (Wildman–Crippen LogP) is 4.16. The predicted molar refractivity (Wildman–Crippen MR) is 58.3 cm³/mol. The van der Waals surface area contributed by atoms with E-state index in [2.05, 4.69) is 34.5 Å². The van der Waals surface area contributed by atoms with Crippen LogP contribution in [-0.4, -0.2) is 24.7 Å². The van der Waals surface area contributed by atoms with Crippen LogP contribution in [0, 0.1) is 5.41 Å². The third-order valence-electron chi connectivity index (χ3n) is 2.29. The summed E-state index contributed by atoms with van der Waals surface area (Å²) < 4.78 is 39.9. The van der Waals surface area contributed by atoms with Gasteiger partial charge >= 0.3 is 6.18 Å². The molecule has 0 aromatic heterocycles. The summed E-state index contributed by atoms with van der Waals surface area (Å²) in [7, 11) is 0. The van der Waals surface area contributed by atoms with E-state index < -0.39 is 12.8 Å². The molecular formula is C10H18BrF3O. The van der Waals surface area contributed by atoms with Crippen LogP contribution in [0.15, 0.2) is 0 Å². The maximum absolute atomic E-state index is 11.8. The maximum Gasteiger partial charge on any atom is 0.411 e. The Morgan fingerprint density at radius 2 is 1.80 bits per heavy atom. The number of halogens is 4. The minimum absolute atomic E-state index is 0.0420. The molecule has 0 N–H and O–H groups in total. The summed E-state index contributed by atoms with van der Waals surface area (Å²) in [6.45, 7) is 3.15. The molecule has 1 nitrogen and oxygen atoms in total. The molecule has 0 aliphatic rings. The van der Waals surface area contributed by atoms with Gasteiger partial charge in [-0.15, -0.1) is 0 Å². The molecule has 5 heteroatoms. The van der Waals surface area contributed by atoms with Crippen molar-refractivity contribution >= 4 is 15.9 Å². The second-order valence-electron chi connectivity index (χ2n) is 4.11. The second kappa shape index (κ2) is 6.74. The zero-order valence-corrected chi connectivity index (χ0v) is 10.7. The fraction of sp³-hybridized carbons (Fsp3) is 1.00. The monoisotopic (exact) mass is 290 g/mol. The van der Waals surface area contributed by atoms with Crippen LogP contribution < -0.4 is 0 Å². The standard InChI is InChI=1S/C10H18BrF3O/c1-3-4-9(2,7-11)5-6-15-8-10(12,13)14/h3-8H2,1-2H3. The highest BCUT2D eigenvalue weighted by atomic mass is 79.9. The first-order valence-electron chi connectivity index (χ1n) is 5.03. The van der Waals surface area contributed by atoms with Gasteiger partial charge in [-0.2, -0.15) is 13.2 Å².